The van der Waals surface area contributed by atoms with E-state index in [2.05, 4.69) is 34.2 Å². The van der Waals surface area contributed by atoms with Crippen molar-refractivity contribution >= 4 is 15.9 Å². The van der Waals surface area contributed by atoms with Crippen LogP contribution in [0, 0.1) is 5.92 Å². The molecule has 1 aromatic carbocycles. The smallest absolute Gasteiger partial charge is 0.123 e. The molecule has 0 radical (unpaired) electrons. The topological polar surface area (TPSA) is 30.5 Å². The highest BCUT2D eigenvalue weighted by Gasteiger charge is 2.13. The fourth-order valence-corrected chi connectivity index (χ4v) is 2.81. The zero-order valence-electron chi connectivity index (χ0n) is 12.2. The van der Waals surface area contributed by atoms with Gasteiger partial charge in [0.05, 0.1) is 6.61 Å². The quantitative estimate of drug-likeness (QED) is 0.819. The first-order valence-electron chi connectivity index (χ1n) is 7.49. The van der Waals surface area contributed by atoms with E-state index in [9.17, 15) is 0 Å². The maximum Gasteiger partial charge on any atom is 0.123 e. The molecule has 4 heteroatoms. The minimum Gasteiger partial charge on any atom is -0.493 e. The Hall–Kier alpha value is -0.580. The number of ether oxygens (including phenoxy) is 2. The summed E-state index contributed by atoms with van der Waals surface area (Å²) in [7, 11) is 0. The average molecular weight is 342 g/mol. The van der Waals surface area contributed by atoms with E-state index in [4.69, 9.17) is 9.47 Å². The Balaban J connectivity index is 1.85. The van der Waals surface area contributed by atoms with Crippen LogP contribution in [0.25, 0.3) is 0 Å². The van der Waals surface area contributed by atoms with Crippen LogP contribution in [-0.4, -0.2) is 26.4 Å². The Morgan fingerprint density at radius 3 is 2.90 bits per heavy atom. The fourth-order valence-electron chi connectivity index (χ4n) is 2.40. The highest BCUT2D eigenvalue weighted by atomic mass is 79.9. The molecule has 1 aliphatic heterocycles. The first-order chi connectivity index (χ1) is 9.79. The molecule has 0 aromatic heterocycles. The summed E-state index contributed by atoms with van der Waals surface area (Å²) in [6.45, 7) is 6.64. The fraction of sp³-hybridized carbons (Fsp3) is 0.625. The first kappa shape index (κ1) is 15.8. The van der Waals surface area contributed by atoms with E-state index < -0.39 is 0 Å². The van der Waals surface area contributed by atoms with E-state index in [1.54, 1.807) is 0 Å². The SMILES string of the molecule is CCCOc1ccc(Br)cc1CNCC1CCOCC1. The maximum absolute atomic E-state index is 5.80. The first-order valence-corrected chi connectivity index (χ1v) is 8.28. The number of rotatable bonds is 7. The molecular formula is C16H24BrNO2. The van der Waals surface area contributed by atoms with Crippen molar-refractivity contribution in [3.63, 3.8) is 0 Å². The predicted molar refractivity (Wildman–Crippen MR) is 85.2 cm³/mol. The van der Waals surface area contributed by atoms with Gasteiger partial charge in [-0.3, -0.25) is 0 Å². The second-order valence-corrected chi connectivity index (χ2v) is 6.20. The molecule has 1 N–H and O–H groups in total. The van der Waals surface area contributed by atoms with Crippen molar-refractivity contribution in [1.29, 1.82) is 0 Å². The van der Waals surface area contributed by atoms with Crippen LogP contribution in [0.2, 0.25) is 0 Å². The van der Waals surface area contributed by atoms with Crippen LogP contribution in [0.1, 0.15) is 31.7 Å². The zero-order valence-corrected chi connectivity index (χ0v) is 13.7. The minimum atomic E-state index is 0.746. The number of benzene rings is 1. The molecule has 0 saturated carbocycles. The molecule has 0 atom stereocenters. The van der Waals surface area contributed by atoms with Crippen molar-refractivity contribution in [2.24, 2.45) is 5.92 Å². The molecule has 1 saturated heterocycles. The summed E-state index contributed by atoms with van der Waals surface area (Å²) in [5, 5.41) is 3.56. The van der Waals surface area contributed by atoms with Crippen molar-refractivity contribution in [3.8, 4) is 5.75 Å². The third-order valence-corrected chi connectivity index (χ3v) is 4.07. The van der Waals surface area contributed by atoms with Crippen molar-refractivity contribution in [2.45, 2.75) is 32.7 Å². The summed E-state index contributed by atoms with van der Waals surface area (Å²) in [4.78, 5) is 0. The standard InChI is InChI=1S/C16H24BrNO2/c1-2-7-20-16-4-3-15(17)10-14(16)12-18-11-13-5-8-19-9-6-13/h3-4,10,13,18H,2,5-9,11-12H2,1H3. The van der Waals surface area contributed by atoms with Gasteiger partial charge in [0.25, 0.3) is 0 Å². The Bertz CT molecular complexity index is 405. The van der Waals surface area contributed by atoms with Gasteiger partial charge in [-0.1, -0.05) is 22.9 Å². The van der Waals surface area contributed by atoms with Crippen LogP contribution >= 0.6 is 15.9 Å². The van der Waals surface area contributed by atoms with Crippen molar-refractivity contribution in [3.05, 3.63) is 28.2 Å². The van der Waals surface area contributed by atoms with Gasteiger partial charge in [-0.15, -0.1) is 0 Å². The molecule has 3 nitrogen and oxygen atoms in total. The van der Waals surface area contributed by atoms with Crippen molar-refractivity contribution < 1.29 is 9.47 Å². The number of halogens is 1. The number of hydrogen-bond acceptors (Lipinski definition) is 3. The lowest BCUT2D eigenvalue weighted by Gasteiger charge is -2.22. The van der Waals surface area contributed by atoms with Gasteiger partial charge in [0.15, 0.2) is 0 Å². The monoisotopic (exact) mass is 341 g/mol. The third kappa shape index (κ3) is 5.08. The summed E-state index contributed by atoms with van der Waals surface area (Å²) in [5.41, 5.74) is 1.22. The summed E-state index contributed by atoms with van der Waals surface area (Å²) in [6.07, 6.45) is 3.38. The summed E-state index contributed by atoms with van der Waals surface area (Å²) >= 11 is 3.53. The Kier molecular flexibility index (Phi) is 6.83. The highest BCUT2D eigenvalue weighted by molar-refractivity contribution is 9.10. The molecule has 1 aromatic rings. The van der Waals surface area contributed by atoms with E-state index >= 15 is 0 Å². The molecular weight excluding hydrogens is 318 g/mol. The van der Waals surface area contributed by atoms with Gasteiger partial charge in [-0.25, -0.2) is 0 Å². The summed E-state index contributed by atoms with van der Waals surface area (Å²) in [6, 6.07) is 6.22. The zero-order chi connectivity index (χ0) is 14.2. The normalized spacial score (nSPS) is 16.3. The van der Waals surface area contributed by atoms with Gasteiger partial charge in [0.1, 0.15) is 5.75 Å². The highest BCUT2D eigenvalue weighted by Crippen LogP contribution is 2.23. The summed E-state index contributed by atoms with van der Waals surface area (Å²) in [5.74, 6) is 1.74. The summed E-state index contributed by atoms with van der Waals surface area (Å²) < 4.78 is 12.3. The van der Waals surface area contributed by atoms with Gasteiger partial charge in [0, 0.05) is 29.8 Å². The maximum atomic E-state index is 5.80. The number of hydrogen-bond donors (Lipinski definition) is 1. The largest absolute Gasteiger partial charge is 0.493 e. The molecule has 0 unspecified atom stereocenters. The molecule has 0 bridgehead atoms. The van der Waals surface area contributed by atoms with Crippen LogP contribution in [0.5, 0.6) is 5.75 Å². The van der Waals surface area contributed by atoms with Crippen LogP contribution < -0.4 is 10.1 Å². The van der Waals surface area contributed by atoms with Crippen LogP contribution in [0.4, 0.5) is 0 Å². The van der Waals surface area contributed by atoms with E-state index in [1.807, 2.05) is 12.1 Å². The predicted octanol–water partition coefficient (Wildman–Crippen LogP) is 3.75. The lowest BCUT2D eigenvalue weighted by atomic mass is 10.0. The van der Waals surface area contributed by atoms with Gasteiger partial charge in [0.2, 0.25) is 0 Å². The minimum absolute atomic E-state index is 0.746. The second kappa shape index (κ2) is 8.65. The van der Waals surface area contributed by atoms with E-state index in [0.717, 1.165) is 55.5 Å². The van der Waals surface area contributed by atoms with Gasteiger partial charge >= 0.3 is 0 Å². The Labute approximate surface area is 130 Å². The van der Waals surface area contributed by atoms with Crippen LogP contribution in [-0.2, 0) is 11.3 Å². The number of nitrogens with one attached hydrogen (secondary N) is 1. The van der Waals surface area contributed by atoms with Crippen LogP contribution in [0.3, 0.4) is 0 Å². The molecule has 20 heavy (non-hydrogen) atoms. The molecule has 112 valence electrons. The molecule has 0 spiro atoms. The van der Waals surface area contributed by atoms with Crippen LogP contribution in [0.15, 0.2) is 22.7 Å². The van der Waals surface area contributed by atoms with Crippen molar-refractivity contribution in [2.75, 3.05) is 26.4 Å². The Morgan fingerprint density at radius 1 is 1.35 bits per heavy atom. The van der Waals surface area contributed by atoms with E-state index in [1.165, 1.54) is 18.4 Å². The molecule has 1 fully saturated rings. The van der Waals surface area contributed by atoms with Gasteiger partial charge < -0.3 is 14.8 Å². The van der Waals surface area contributed by atoms with Gasteiger partial charge in [-0.2, -0.15) is 0 Å². The van der Waals surface area contributed by atoms with E-state index in [-0.39, 0.29) is 0 Å². The molecule has 1 heterocycles. The molecule has 1 aliphatic rings. The van der Waals surface area contributed by atoms with Gasteiger partial charge in [-0.05, 0) is 49.9 Å². The lowest BCUT2D eigenvalue weighted by molar-refractivity contribution is 0.0662. The molecule has 2 rings (SSSR count). The second-order valence-electron chi connectivity index (χ2n) is 5.29. The average Bonchev–Trinajstić information content (AvgIpc) is 2.47. The van der Waals surface area contributed by atoms with E-state index in [0.29, 0.717) is 0 Å². The lowest BCUT2D eigenvalue weighted by Crippen LogP contribution is -2.27. The Morgan fingerprint density at radius 2 is 2.15 bits per heavy atom. The van der Waals surface area contributed by atoms with Crippen molar-refractivity contribution in [1.82, 2.24) is 5.32 Å². The molecule has 0 aliphatic carbocycles. The third-order valence-electron chi connectivity index (χ3n) is 3.57. The molecule has 0 amide bonds.